The molecule has 1 unspecified atom stereocenters. The van der Waals surface area contributed by atoms with Gasteiger partial charge in [0.25, 0.3) is 0 Å². The molecule has 1 aromatic carbocycles. The highest BCUT2D eigenvalue weighted by molar-refractivity contribution is 6.30. The zero-order chi connectivity index (χ0) is 12.3. The van der Waals surface area contributed by atoms with Crippen LogP contribution in [0.1, 0.15) is 37.7 Å². The van der Waals surface area contributed by atoms with Crippen molar-refractivity contribution in [1.82, 2.24) is 0 Å². The van der Waals surface area contributed by atoms with Crippen LogP contribution in [-0.4, -0.2) is 6.04 Å². The van der Waals surface area contributed by atoms with Gasteiger partial charge in [0.2, 0.25) is 0 Å². The highest BCUT2D eigenvalue weighted by Gasteiger charge is 2.21. The van der Waals surface area contributed by atoms with Crippen LogP contribution >= 0.6 is 11.6 Å². The molecular weight excluding hydrogens is 237 g/mol. The van der Waals surface area contributed by atoms with Crippen LogP contribution in [0.2, 0.25) is 5.02 Å². The van der Waals surface area contributed by atoms with E-state index in [0.717, 1.165) is 6.42 Å². The van der Waals surface area contributed by atoms with Crippen molar-refractivity contribution in [1.29, 1.82) is 0 Å². The molecular formula is C14H19ClFN. The molecule has 0 amide bonds. The van der Waals surface area contributed by atoms with Crippen LogP contribution in [0.5, 0.6) is 0 Å². The van der Waals surface area contributed by atoms with Crippen molar-refractivity contribution in [3.8, 4) is 0 Å². The van der Waals surface area contributed by atoms with Gasteiger partial charge < -0.3 is 5.73 Å². The van der Waals surface area contributed by atoms with E-state index in [1.807, 2.05) is 0 Å². The summed E-state index contributed by atoms with van der Waals surface area (Å²) in [5.41, 5.74) is 6.85. The Balaban J connectivity index is 1.90. The van der Waals surface area contributed by atoms with Crippen LogP contribution in [0.3, 0.4) is 0 Å². The van der Waals surface area contributed by atoms with Crippen LogP contribution < -0.4 is 5.73 Å². The van der Waals surface area contributed by atoms with Crippen molar-refractivity contribution >= 4 is 11.6 Å². The van der Waals surface area contributed by atoms with Crippen LogP contribution in [0, 0.1) is 11.7 Å². The van der Waals surface area contributed by atoms with Crippen molar-refractivity contribution in [2.75, 3.05) is 0 Å². The van der Waals surface area contributed by atoms with Crippen LogP contribution in [0.25, 0.3) is 0 Å². The fourth-order valence-electron chi connectivity index (χ4n) is 2.68. The minimum absolute atomic E-state index is 0.173. The van der Waals surface area contributed by atoms with Gasteiger partial charge in [-0.3, -0.25) is 0 Å². The summed E-state index contributed by atoms with van der Waals surface area (Å²) in [4.78, 5) is 0. The normalized spacial score (nSPS) is 18.5. The minimum Gasteiger partial charge on any atom is -0.327 e. The molecule has 1 aliphatic rings. The second kappa shape index (κ2) is 5.83. The number of hydrogen-bond donors (Lipinski definition) is 1. The van der Waals surface area contributed by atoms with Gasteiger partial charge in [0, 0.05) is 11.1 Å². The Morgan fingerprint density at radius 2 is 2.06 bits per heavy atom. The van der Waals surface area contributed by atoms with E-state index in [-0.39, 0.29) is 11.9 Å². The fraction of sp³-hybridized carbons (Fsp3) is 0.571. The number of hydrogen-bond acceptors (Lipinski definition) is 1. The van der Waals surface area contributed by atoms with Gasteiger partial charge in [0.1, 0.15) is 5.82 Å². The van der Waals surface area contributed by atoms with Gasteiger partial charge in [-0.15, -0.1) is 0 Å². The third kappa shape index (κ3) is 3.43. The summed E-state index contributed by atoms with van der Waals surface area (Å²) in [5.74, 6) is 0.463. The van der Waals surface area contributed by atoms with Gasteiger partial charge in [-0.2, -0.15) is 0 Å². The Morgan fingerprint density at radius 3 is 2.76 bits per heavy atom. The maximum absolute atomic E-state index is 13.5. The van der Waals surface area contributed by atoms with Gasteiger partial charge in [0.15, 0.2) is 0 Å². The average molecular weight is 256 g/mol. The lowest BCUT2D eigenvalue weighted by atomic mass is 9.93. The zero-order valence-corrected chi connectivity index (χ0v) is 10.7. The molecule has 1 aliphatic carbocycles. The van der Waals surface area contributed by atoms with Gasteiger partial charge in [0.05, 0.1) is 0 Å². The van der Waals surface area contributed by atoms with E-state index in [0.29, 0.717) is 22.9 Å². The first-order valence-electron chi connectivity index (χ1n) is 6.36. The van der Waals surface area contributed by atoms with Crippen molar-refractivity contribution in [2.24, 2.45) is 11.7 Å². The number of benzene rings is 1. The van der Waals surface area contributed by atoms with E-state index in [2.05, 4.69) is 0 Å². The number of rotatable bonds is 4. The average Bonchev–Trinajstić information content (AvgIpc) is 2.83. The Kier molecular flexibility index (Phi) is 4.41. The third-order valence-corrected chi connectivity index (χ3v) is 4.00. The summed E-state index contributed by atoms with van der Waals surface area (Å²) in [6.07, 6.45) is 6.60. The Morgan fingerprint density at radius 1 is 1.35 bits per heavy atom. The largest absolute Gasteiger partial charge is 0.327 e. The predicted molar refractivity (Wildman–Crippen MR) is 69.7 cm³/mol. The Bertz CT molecular complexity index is 374. The fourth-order valence-corrected chi connectivity index (χ4v) is 2.87. The molecule has 0 aliphatic heterocycles. The molecule has 1 nitrogen and oxygen atoms in total. The molecule has 3 heteroatoms. The second-order valence-corrected chi connectivity index (χ2v) is 5.42. The van der Waals surface area contributed by atoms with E-state index >= 15 is 0 Å². The minimum atomic E-state index is -0.173. The van der Waals surface area contributed by atoms with Gasteiger partial charge in [-0.05, 0) is 55.4 Å². The molecule has 2 rings (SSSR count). The molecule has 0 spiro atoms. The number of halogens is 2. The second-order valence-electron chi connectivity index (χ2n) is 4.98. The Hall–Kier alpha value is -0.600. The number of nitrogens with two attached hydrogens (primary N) is 1. The van der Waals surface area contributed by atoms with Crippen LogP contribution in [0.4, 0.5) is 4.39 Å². The lowest BCUT2D eigenvalue weighted by molar-refractivity contribution is 0.408. The summed E-state index contributed by atoms with van der Waals surface area (Å²) >= 11 is 5.86. The standard InChI is InChI=1S/C14H19ClFN/c15-12-6-7-13(16)11(9-12)5-8-14(17)10-3-1-2-4-10/h6-7,9-10,14H,1-5,8,17H2. The molecule has 1 saturated carbocycles. The first-order chi connectivity index (χ1) is 8.16. The lowest BCUT2D eigenvalue weighted by Crippen LogP contribution is -2.28. The smallest absolute Gasteiger partial charge is 0.126 e. The van der Waals surface area contributed by atoms with E-state index in [4.69, 9.17) is 17.3 Å². The first kappa shape index (κ1) is 12.8. The number of aryl methyl sites for hydroxylation is 1. The lowest BCUT2D eigenvalue weighted by Gasteiger charge is -2.18. The van der Waals surface area contributed by atoms with Gasteiger partial charge >= 0.3 is 0 Å². The molecule has 0 bridgehead atoms. The first-order valence-corrected chi connectivity index (χ1v) is 6.74. The highest BCUT2D eigenvalue weighted by atomic mass is 35.5. The summed E-state index contributed by atoms with van der Waals surface area (Å²) in [6.45, 7) is 0. The summed E-state index contributed by atoms with van der Waals surface area (Å²) in [7, 11) is 0. The van der Waals surface area contributed by atoms with Gasteiger partial charge in [-0.25, -0.2) is 4.39 Å². The zero-order valence-electron chi connectivity index (χ0n) is 9.96. The molecule has 0 radical (unpaired) electrons. The van der Waals surface area contributed by atoms with Crippen molar-refractivity contribution in [2.45, 2.75) is 44.6 Å². The molecule has 0 heterocycles. The van der Waals surface area contributed by atoms with Crippen molar-refractivity contribution < 1.29 is 4.39 Å². The summed E-state index contributed by atoms with van der Waals surface area (Å²) < 4.78 is 13.5. The van der Waals surface area contributed by atoms with Crippen molar-refractivity contribution in [3.63, 3.8) is 0 Å². The summed E-state index contributed by atoms with van der Waals surface area (Å²) in [6, 6.07) is 4.92. The topological polar surface area (TPSA) is 26.0 Å². The molecule has 17 heavy (non-hydrogen) atoms. The molecule has 1 fully saturated rings. The van der Waals surface area contributed by atoms with E-state index < -0.39 is 0 Å². The van der Waals surface area contributed by atoms with Crippen LogP contribution in [0.15, 0.2) is 18.2 Å². The van der Waals surface area contributed by atoms with E-state index in [1.54, 1.807) is 12.1 Å². The van der Waals surface area contributed by atoms with Crippen LogP contribution in [-0.2, 0) is 6.42 Å². The SMILES string of the molecule is NC(CCc1cc(Cl)ccc1F)C1CCCC1. The molecule has 0 aromatic heterocycles. The maximum Gasteiger partial charge on any atom is 0.126 e. The van der Waals surface area contributed by atoms with E-state index in [9.17, 15) is 4.39 Å². The molecule has 1 atom stereocenters. The maximum atomic E-state index is 13.5. The van der Waals surface area contributed by atoms with Crippen molar-refractivity contribution in [3.05, 3.63) is 34.6 Å². The predicted octanol–water partition coefficient (Wildman–Crippen LogP) is 3.93. The molecule has 2 N–H and O–H groups in total. The highest BCUT2D eigenvalue weighted by Crippen LogP contribution is 2.28. The molecule has 1 aromatic rings. The summed E-state index contributed by atoms with van der Waals surface area (Å²) in [5, 5.41) is 0.593. The quantitative estimate of drug-likeness (QED) is 0.867. The van der Waals surface area contributed by atoms with Gasteiger partial charge in [-0.1, -0.05) is 24.4 Å². The monoisotopic (exact) mass is 255 g/mol. The van der Waals surface area contributed by atoms with E-state index in [1.165, 1.54) is 31.7 Å². The third-order valence-electron chi connectivity index (χ3n) is 3.76. The molecule has 0 saturated heterocycles. The Labute approximate surface area is 107 Å². The molecule has 94 valence electrons.